The van der Waals surface area contributed by atoms with Gasteiger partial charge in [0.05, 0.1) is 0 Å². The molecule has 3 heteroatoms. The van der Waals surface area contributed by atoms with E-state index in [2.05, 4.69) is 29.6 Å². The van der Waals surface area contributed by atoms with Gasteiger partial charge < -0.3 is 11.1 Å². The molecule has 0 spiro atoms. The van der Waals surface area contributed by atoms with Crippen LogP contribution in [0.3, 0.4) is 0 Å². The first-order valence-electron chi connectivity index (χ1n) is 7.28. The summed E-state index contributed by atoms with van der Waals surface area (Å²) >= 11 is 0. The van der Waals surface area contributed by atoms with E-state index in [1.807, 2.05) is 43.3 Å². The molecule has 2 rings (SSSR count). The Hall–Kier alpha value is -2.13. The molecule has 1 amide bonds. The van der Waals surface area contributed by atoms with Crippen molar-refractivity contribution in [3.63, 3.8) is 0 Å². The van der Waals surface area contributed by atoms with Crippen molar-refractivity contribution in [1.82, 2.24) is 5.32 Å². The number of benzene rings is 2. The van der Waals surface area contributed by atoms with Crippen LogP contribution in [-0.2, 0) is 11.2 Å². The molecule has 0 aliphatic heterocycles. The minimum Gasteiger partial charge on any atom is -0.370 e. The van der Waals surface area contributed by atoms with Gasteiger partial charge in [-0.2, -0.15) is 0 Å². The normalized spacial score (nSPS) is 13.6. The largest absolute Gasteiger partial charge is 0.370 e. The van der Waals surface area contributed by atoms with Crippen molar-refractivity contribution >= 4 is 5.91 Å². The summed E-state index contributed by atoms with van der Waals surface area (Å²) in [5, 5.41) is 3.51. The molecule has 0 saturated carbocycles. The number of primary amides is 1. The summed E-state index contributed by atoms with van der Waals surface area (Å²) in [7, 11) is 0. The van der Waals surface area contributed by atoms with Crippen LogP contribution >= 0.6 is 0 Å². The number of carbonyl (C=O) groups is 1. The molecule has 0 fully saturated rings. The molecule has 2 unspecified atom stereocenters. The monoisotopic (exact) mass is 282 g/mol. The maximum atomic E-state index is 11.1. The Kier molecular flexibility index (Phi) is 5.52. The van der Waals surface area contributed by atoms with Gasteiger partial charge in [0.2, 0.25) is 5.91 Å². The fourth-order valence-corrected chi connectivity index (χ4v) is 2.51. The average Bonchev–Trinajstić information content (AvgIpc) is 2.48. The molecule has 0 saturated heterocycles. The molecular formula is C18H22N2O. The Morgan fingerprint density at radius 3 is 2.19 bits per heavy atom. The molecule has 0 bridgehead atoms. The minimum atomic E-state index is -0.276. The molecule has 110 valence electrons. The maximum absolute atomic E-state index is 11.1. The molecule has 0 aromatic heterocycles. The highest BCUT2D eigenvalue weighted by Gasteiger charge is 2.16. The molecule has 0 aliphatic rings. The van der Waals surface area contributed by atoms with Crippen LogP contribution in [0, 0.1) is 0 Å². The van der Waals surface area contributed by atoms with Gasteiger partial charge in [-0.3, -0.25) is 4.79 Å². The summed E-state index contributed by atoms with van der Waals surface area (Å²) < 4.78 is 0. The first kappa shape index (κ1) is 15.3. The van der Waals surface area contributed by atoms with Gasteiger partial charge in [0, 0.05) is 18.5 Å². The van der Waals surface area contributed by atoms with E-state index in [0.717, 1.165) is 6.42 Å². The van der Waals surface area contributed by atoms with Crippen LogP contribution < -0.4 is 11.1 Å². The fourth-order valence-electron chi connectivity index (χ4n) is 2.51. The molecule has 2 aromatic rings. The third-order valence-corrected chi connectivity index (χ3v) is 3.48. The van der Waals surface area contributed by atoms with Gasteiger partial charge in [0.1, 0.15) is 0 Å². The standard InChI is InChI=1S/C18H22N2O/c1-14(12-18(19)21)20-17(16-10-6-3-7-11-16)13-15-8-4-2-5-9-15/h2-11,14,17,20H,12-13H2,1H3,(H2,19,21). The van der Waals surface area contributed by atoms with Gasteiger partial charge >= 0.3 is 0 Å². The molecule has 0 radical (unpaired) electrons. The van der Waals surface area contributed by atoms with Crippen LogP contribution in [0.1, 0.15) is 30.5 Å². The lowest BCUT2D eigenvalue weighted by atomic mass is 9.98. The molecule has 0 aliphatic carbocycles. The molecular weight excluding hydrogens is 260 g/mol. The van der Waals surface area contributed by atoms with E-state index < -0.39 is 0 Å². The summed E-state index contributed by atoms with van der Waals surface area (Å²) in [4.78, 5) is 11.1. The highest BCUT2D eigenvalue weighted by atomic mass is 16.1. The number of nitrogens with two attached hydrogens (primary N) is 1. The smallest absolute Gasteiger partial charge is 0.218 e. The van der Waals surface area contributed by atoms with E-state index in [9.17, 15) is 4.79 Å². The molecule has 0 heterocycles. The Morgan fingerprint density at radius 2 is 1.62 bits per heavy atom. The summed E-state index contributed by atoms with van der Waals surface area (Å²) in [5.41, 5.74) is 7.77. The van der Waals surface area contributed by atoms with Crippen molar-refractivity contribution < 1.29 is 4.79 Å². The topological polar surface area (TPSA) is 55.1 Å². The number of nitrogens with one attached hydrogen (secondary N) is 1. The van der Waals surface area contributed by atoms with Crippen LogP contribution in [0.5, 0.6) is 0 Å². The van der Waals surface area contributed by atoms with Crippen LogP contribution in [0.25, 0.3) is 0 Å². The Balaban J connectivity index is 2.13. The van der Waals surface area contributed by atoms with Crippen molar-refractivity contribution in [2.24, 2.45) is 5.73 Å². The van der Waals surface area contributed by atoms with E-state index in [0.29, 0.717) is 6.42 Å². The predicted octanol–water partition coefficient (Wildman–Crippen LogP) is 2.82. The second-order valence-corrected chi connectivity index (χ2v) is 5.39. The second-order valence-electron chi connectivity index (χ2n) is 5.39. The third kappa shape index (κ3) is 5.04. The molecule has 3 N–H and O–H groups in total. The van der Waals surface area contributed by atoms with Crippen molar-refractivity contribution in [2.45, 2.75) is 31.8 Å². The van der Waals surface area contributed by atoms with Gasteiger partial charge in [-0.1, -0.05) is 60.7 Å². The summed E-state index contributed by atoms with van der Waals surface area (Å²) in [6, 6.07) is 20.9. The minimum absolute atomic E-state index is 0.0522. The van der Waals surface area contributed by atoms with Crippen LogP contribution in [0.4, 0.5) is 0 Å². The van der Waals surface area contributed by atoms with Crippen LogP contribution in [0.2, 0.25) is 0 Å². The fraction of sp³-hybridized carbons (Fsp3) is 0.278. The summed E-state index contributed by atoms with van der Waals surface area (Å²) in [5.74, 6) is -0.276. The van der Waals surface area contributed by atoms with E-state index >= 15 is 0 Å². The third-order valence-electron chi connectivity index (χ3n) is 3.48. The Morgan fingerprint density at radius 1 is 1.05 bits per heavy atom. The zero-order chi connectivity index (χ0) is 15.1. The quantitative estimate of drug-likeness (QED) is 0.820. The van der Waals surface area contributed by atoms with Gasteiger partial charge in [-0.15, -0.1) is 0 Å². The van der Waals surface area contributed by atoms with Crippen LogP contribution in [0.15, 0.2) is 60.7 Å². The van der Waals surface area contributed by atoms with E-state index in [4.69, 9.17) is 5.73 Å². The highest BCUT2D eigenvalue weighted by Crippen LogP contribution is 2.19. The molecule has 2 atom stereocenters. The van der Waals surface area contributed by atoms with Crippen molar-refractivity contribution in [3.05, 3.63) is 71.8 Å². The number of hydrogen-bond acceptors (Lipinski definition) is 2. The Labute approximate surface area is 126 Å². The summed E-state index contributed by atoms with van der Waals surface area (Å²) in [6.45, 7) is 1.99. The van der Waals surface area contributed by atoms with Crippen molar-refractivity contribution in [2.75, 3.05) is 0 Å². The van der Waals surface area contributed by atoms with Crippen molar-refractivity contribution in [1.29, 1.82) is 0 Å². The van der Waals surface area contributed by atoms with Gasteiger partial charge in [0.25, 0.3) is 0 Å². The van der Waals surface area contributed by atoms with Crippen molar-refractivity contribution in [3.8, 4) is 0 Å². The first-order valence-corrected chi connectivity index (χ1v) is 7.28. The zero-order valence-electron chi connectivity index (χ0n) is 12.3. The van der Waals surface area contributed by atoms with Gasteiger partial charge in [-0.05, 0) is 24.5 Å². The maximum Gasteiger partial charge on any atom is 0.218 e. The Bertz CT molecular complexity index is 554. The zero-order valence-corrected chi connectivity index (χ0v) is 12.3. The SMILES string of the molecule is CC(CC(N)=O)NC(Cc1ccccc1)c1ccccc1. The predicted molar refractivity (Wildman–Crippen MR) is 85.7 cm³/mol. The van der Waals surface area contributed by atoms with E-state index in [1.165, 1.54) is 11.1 Å². The van der Waals surface area contributed by atoms with Gasteiger partial charge in [-0.25, -0.2) is 0 Å². The number of hydrogen-bond donors (Lipinski definition) is 2. The number of carbonyl (C=O) groups excluding carboxylic acids is 1. The van der Waals surface area contributed by atoms with E-state index in [1.54, 1.807) is 0 Å². The summed E-state index contributed by atoms with van der Waals surface area (Å²) in [6.07, 6.45) is 1.23. The first-order chi connectivity index (χ1) is 10.1. The average molecular weight is 282 g/mol. The van der Waals surface area contributed by atoms with E-state index in [-0.39, 0.29) is 18.0 Å². The molecule has 21 heavy (non-hydrogen) atoms. The molecule has 3 nitrogen and oxygen atoms in total. The lowest BCUT2D eigenvalue weighted by Crippen LogP contribution is -2.35. The van der Waals surface area contributed by atoms with Crippen LogP contribution in [-0.4, -0.2) is 11.9 Å². The highest BCUT2D eigenvalue weighted by molar-refractivity contribution is 5.74. The second kappa shape index (κ2) is 7.60. The lowest BCUT2D eigenvalue weighted by Gasteiger charge is -2.23. The lowest BCUT2D eigenvalue weighted by molar-refractivity contribution is -0.118. The molecule has 2 aromatic carbocycles. The number of amides is 1. The van der Waals surface area contributed by atoms with Gasteiger partial charge in [0.15, 0.2) is 0 Å². The number of rotatable bonds is 7.